The van der Waals surface area contributed by atoms with Crippen molar-refractivity contribution in [2.45, 2.75) is 0 Å². The minimum Gasteiger partial charge on any atom is -0.497 e. The van der Waals surface area contributed by atoms with Crippen LogP contribution in [-0.4, -0.2) is 28.4 Å². The molecule has 0 aliphatic carbocycles. The number of benzene rings is 4. The van der Waals surface area contributed by atoms with E-state index in [0.717, 1.165) is 27.6 Å². The summed E-state index contributed by atoms with van der Waals surface area (Å²) in [5.41, 5.74) is 3.16. The Morgan fingerprint density at radius 1 is 0.471 bits per heavy atom. The number of ether oxygens (including phenoxy) is 4. The molecule has 0 bridgehead atoms. The van der Waals surface area contributed by atoms with Crippen LogP contribution in [0.25, 0.3) is 10.8 Å². The van der Waals surface area contributed by atoms with Crippen LogP contribution < -0.4 is 18.9 Å². The molecule has 0 fully saturated rings. The summed E-state index contributed by atoms with van der Waals surface area (Å²) in [6, 6.07) is 23.6. The maximum atomic E-state index is 5.49. The van der Waals surface area contributed by atoms with Crippen molar-refractivity contribution >= 4 is 10.8 Å². The predicted octanol–water partition coefficient (Wildman–Crippen LogP) is 5.67. The van der Waals surface area contributed by atoms with Gasteiger partial charge in [0.15, 0.2) is 11.5 Å². The number of hydrogen-bond acceptors (Lipinski definition) is 4. The van der Waals surface area contributed by atoms with Gasteiger partial charge >= 0.3 is 0 Å². The van der Waals surface area contributed by atoms with Crippen LogP contribution in [0.3, 0.4) is 0 Å². The minimum absolute atomic E-state index is 0.589. The first-order valence-corrected chi connectivity index (χ1v) is 10.7. The van der Waals surface area contributed by atoms with Gasteiger partial charge in [0, 0.05) is 40.5 Å². The molecule has 34 heavy (non-hydrogen) atoms. The Balaban J connectivity index is 1.78. The second kappa shape index (κ2) is 10.4. The van der Waals surface area contributed by atoms with Gasteiger partial charge in [-0.2, -0.15) is 0 Å². The molecular weight excluding hydrogens is 424 g/mol. The first kappa shape index (κ1) is 22.6. The van der Waals surface area contributed by atoms with Crippen LogP contribution in [0.1, 0.15) is 22.3 Å². The molecule has 0 unspecified atom stereocenters. The van der Waals surface area contributed by atoms with Gasteiger partial charge in [-0.15, -0.1) is 0 Å². The Morgan fingerprint density at radius 3 is 1.59 bits per heavy atom. The summed E-state index contributed by atoms with van der Waals surface area (Å²) in [5.74, 6) is 15.5. The summed E-state index contributed by atoms with van der Waals surface area (Å²) in [6.45, 7) is 0. The number of rotatable bonds is 4. The molecule has 0 amide bonds. The van der Waals surface area contributed by atoms with Crippen molar-refractivity contribution in [3.63, 3.8) is 0 Å². The molecule has 0 saturated heterocycles. The van der Waals surface area contributed by atoms with E-state index in [-0.39, 0.29) is 0 Å². The van der Waals surface area contributed by atoms with E-state index in [0.29, 0.717) is 23.0 Å². The fourth-order valence-corrected chi connectivity index (χ4v) is 3.51. The largest absolute Gasteiger partial charge is 0.497 e. The zero-order valence-corrected chi connectivity index (χ0v) is 19.6. The first-order valence-electron chi connectivity index (χ1n) is 10.7. The van der Waals surface area contributed by atoms with Crippen molar-refractivity contribution in [2.75, 3.05) is 28.4 Å². The van der Waals surface area contributed by atoms with Crippen molar-refractivity contribution in [1.29, 1.82) is 0 Å². The lowest BCUT2D eigenvalue weighted by Crippen LogP contribution is -1.94. The van der Waals surface area contributed by atoms with Gasteiger partial charge in [0.25, 0.3) is 0 Å². The molecule has 4 aromatic rings. The monoisotopic (exact) mass is 448 g/mol. The number of methoxy groups -OCH3 is 4. The fraction of sp³-hybridized carbons (Fsp3) is 0.133. The van der Waals surface area contributed by atoms with E-state index in [9.17, 15) is 0 Å². The van der Waals surface area contributed by atoms with Crippen LogP contribution in [0.15, 0.2) is 72.8 Å². The molecule has 0 saturated carbocycles. The maximum absolute atomic E-state index is 5.49. The quantitative estimate of drug-likeness (QED) is 0.377. The highest BCUT2D eigenvalue weighted by Gasteiger charge is 2.09. The van der Waals surface area contributed by atoms with E-state index in [2.05, 4.69) is 47.9 Å². The Morgan fingerprint density at radius 2 is 1.03 bits per heavy atom. The molecule has 0 atom stereocenters. The summed E-state index contributed by atoms with van der Waals surface area (Å²) in [6.07, 6.45) is 0. The molecule has 0 aromatic heterocycles. The molecule has 4 rings (SSSR count). The summed E-state index contributed by atoms with van der Waals surface area (Å²) in [4.78, 5) is 0. The van der Waals surface area contributed by atoms with Gasteiger partial charge in [0.1, 0.15) is 11.5 Å². The Kier molecular flexibility index (Phi) is 6.92. The van der Waals surface area contributed by atoms with Gasteiger partial charge in [-0.3, -0.25) is 0 Å². The van der Waals surface area contributed by atoms with Crippen LogP contribution in [0.5, 0.6) is 23.0 Å². The van der Waals surface area contributed by atoms with Crippen LogP contribution in [0.2, 0.25) is 0 Å². The Hall–Kier alpha value is -4.54. The third-order valence-electron chi connectivity index (χ3n) is 5.31. The summed E-state index contributed by atoms with van der Waals surface area (Å²) < 4.78 is 21.7. The van der Waals surface area contributed by atoms with E-state index in [1.54, 1.807) is 28.4 Å². The van der Waals surface area contributed by atoms with Gasteiger partial charge in [-0.05, 0) is 35.0 Å². The normalized spacial score (nSPS) is 9.88. The van der Waals surface area contributed by atoms with E-state index >= 15 is 0 Å². The minimum atomic E-state index is 0.589. The molecule has 0 spiro atoms. The lowest BCUT2D eigenvalue weighted by atomic mass is 10.0. The molecule has 4 heteroatoms. The maximum Gasteiger partial charge on any atom is 0.162 e. The van der Waals surface area contributed by atoms with E-state index in [1.165, 1.54) is 5.39 Å². The molecule has 4 aromatic carbocycles. The lowest BCUT2D eigenvalue weighted by molar-refractivity contribution is 0.355. The smallest absolute Gasteiger partial charge is 0.162 e. The van der Waals surface area contributed by atoms with E-state index in [1.807, 2.05) is 48.5 Å². The van der Waals surface area contributed by atoms with Crippen LogP contribution in [0, 0.1) is 23.7 Å². The van der Waals surface area contributed by atoms with Crippen molar-refractivity contribution in [3.05, 3.63) is 95.1 Å². The van der Waals surface area contributed by atoms with Crippen molar-refractivity contribution in [2.24, 2.45) is 0 Å². The third-order valence-corrected chi connectivity index (χ3v) is 5.31. The molecule has 0 radical (unpaired) electrons. The van der Waals surface area contributed by atoms with Gasteiger partial charge in [-0.25, -0.2) is 0 Å². The summed E-state index contributed by atoms with van der Waals surface area (Å²) in [7, 11) is 6.43. The number of hydrogen-bond donors (Lipinski definition) is 0. The highest BCUT2D eigenvalue weighted by molar-refractivity contribution is 5.83. The zero-order chi connectivity index (χ0) is 23.9. The van der Waals surface area contributed by atoms with Crippen LogP contribution in [0.4, 0.5) is 0 Å². The molecule has 0 aliphatic heterocycles. The molecule has 4 nitrogen and oxygen atoms in total. The summed E-state index contributed by atoms with van der Waals surface area (Å²) >= 11 is 0. The second-order valence-electron chi connectivity index (χ2n) is 7.42. The van der Waals surface area contributed by atoms with E-state index in [4.69, 9.17) is 18.9 Å². The van der Waals surface area contributed by atoms with Crippen LogP contribution in [-0.2, 0) is 0 Å². The molecule has 0 heterocycles. The number of fused-ring (bicyclic) bond motifs is 1. The first-order chi connectivity index (χ1) is 16.6. The average molecular weight is 449 g/mol. The van der Waals surface area contributed by atoms with Gasteiger partial charge in [-0.1, -0.05) is 54.0 Å². The fourth-order valence-electron chi connectivity index (χ4n) is 3.51. The highest BCUT2D eigenvalue weighted by Crippen LogP contribution is 2.30. The Labute approximate surface area is 200 Å². The predicted molar refractivity (Wildman–Crippen MR) is 135 cm³/mol. The molecule has 0 N–H and O–H groups in total. The highest BCUT2D eigenvalue weighted by atomic mass is 16.5. The Bertz CT molecular complexity index is 1440. The van der Waals surface area contributed by atoms with Gasteiger partial charge in [0.2, 0.25) is 0 Å². The standard InChI is InChI=1S/C30H24O4/c1-31-27-16-22(17-28(20-27)32-2)11-14-26-19-30(34-4)29(33-3)18-25(26)13-10-21-9-12-23-7-5-6-8-24(23)15-21/h5-9,12,15-20H,1-4H3. The third kappa shape index (κ3) is 5.09. The SMILES string of the molecule is COc1cc(C#Cc2cc(OC)c(OC)cc2C#Cc2ccc3ccccc3c2)cc(OC)c1. The lowest BCUT2D eigenvalue weighted by Gasteiger charge is -2.09. The second-order valence-corrected chi connectivity index (χ2v) is 7.42. The zero-order valence-electron chi connectivity index (χ0n) is 19.6. The molecule has 168 valence electrons. The van der Waals surface area contributed by atoms with Crippen LogP contribution >= 0.6 is 0 Å². The summed E-state index contributed by atoms with van der Waals surface area (Å²) in [5, 5.41) is 2.33. The van der Waals surface area contributed by atoms with Crippen molar-refractivity contribution < 1.29 is 18.9 Å². The topological polar surface area (TPSA) is 36.9 Å². The van der Waals surface area contributed by atoms with E-state index < -0.39 is 0 Å². The molecule has 0 aliphatic rings. The average Bonchev–Trinajstić information content (AvgIpc) is 2.90. The van der Waals surface area contributed by atoms with Gasteiger partial charge in [0.05, 0.1) is 28.4 Å². The van der Waals surface area contributed by atoms with Crippen molar-refractivity contribution in [3.8, 4) is 46.7 Å². The van der Waals surface area contributed by atoms with Crippen molar-refractivity contribution in [1.82, 2.24) is 0 Å². The van der Waals surface area contributed by atoms with Gasteiger partial charge < -0.3 is 18.9 Å². The molecular formula is C30H24O4.